The number of hydrogen-bond donors (Lipinski definition) is 1. The van der Waals surface area contributed by atoms with E-state index in [1.807, 2.05) is 31.2 Å². The van der Waals surface area contributed by atoms with Crippen molar-refractivity contribution >= 4 is 56.2 Å². The molecule has 1 amide bonds. The maximum absolute atomic E-state index is 12.3. The highest BCUT2D eigenvalue weighted by atomic mass is 79.9. The molecule has 1 aliphatic rings. The number of non-ortho nitro benzene ring substituents is 1. The zero-order valence-electron chi connectivity index (χ0n) is 16.7. The van der Waals surface area contributed by atoms with Crippen molar-refractivity contribution in [3.8, 4) is 17.1 Å². The van der Waals surface area contributed by atoms with Crippen LogP contribution in [-0.4, -0.2) is 22.6 Å². The molecule has 0 bridgehead atoms. The van der Waals surface area contributed by atoms with Crippen LogP contribution in [0.2, 0.25) is 0 Å². The molecule has 32 heavy (non-hydrogen) atoms. The number of carbonyl (C=O) groups excluding carboxylic acids is 1. The average molecular weight is 514 g/mol. The first-order valence-electron chi connectivity index (χ1n) is 9.49. The van der Waals surface area contributed by atoms with Gasteiger partial charge >= 0.3 is 0 Å². The second-order valence-electron chi connectivity index (χ2n) is 6.53. The van der Waals surface area contributed by atoms with Crippen molar-refractivity contribution in [2.75, 3.05) is 6.61 Å². The van der Waals surface area contributed by atoms with E-state index in [1.165, 1.54) is 23.9 Å². The third-order valence-corrected chi connectivity index (χ3v) is 5.92. The standard InChI is InChI=1S/C22H16BrN3O5S/c1-2-30-15-6-3-13(4-7-15)24-22-25-21(27)20(32-22)12-16-8-10-19(31-16)17-9-5-14(26(28)29)11-18(17)23/h3-12H,2H2,1H3,(H,24,25,27)/b20-12+. The molecule has 1 aromatic heterocycles. The van der Waals surface area contributed by atoms with E-state index in [0.29, 0.717) is 43.9 Å². The summed E-state index contributed by atoms with van der Waals surface area (Å²) in [5.41, 5.74) is 1.34. The summed E-state index contributed by atoms with van der Waals surface area (Å²) >= 11 is 4.55. The van der Waals surface area contributed by atoms with E-state index in [-0.39, 0.29) is 11.6 Å². The minimum atomic E-state index is -0.463. The van der Waals surface area contributed by atoms with Crippen LogP contribution in [0.1, 0.15) is 12.7 Å². The number of furan rings is 1. The van der Waals surface area contributed by atoms with Crippen molar-refractivity contribution in [3.63, 3.8) is 0 Å². The molecular weight excluding hydrogens is 498 g/mol. The van der Waals surface area contributed by atoms with Crippen molar-refractivity contribution in [2.45, 2.75) is 6.92 Å². The monoisotopic (exact) mass is 513 g/mol. The van der Waals surface area contributed by atoms with Crippen molar-refractivity contribution in [1.29, 1.82) is 0 Å². The fourth-order valence-corrected chi connectivity index (χ4v) is 4.29. The molecule has 1 saturated heterocycles. The number of halogens is 1. The van der Waals surface area contributed by atoms with E-state index in [9.17, 15) is 14.9 Å². The molecule has 2 heterocycles. The third kappa shape index (κ3) is 4.92. The zero-order valence-corrected chi connectivity index (χ0v) is 19.1. The quantitative estimate of drug-likeness (QED) is 0.249. The minimum absolute atomic E-state index is 0.0205. The Bertz CT molecular complexity index is 1250. The first-order chi connectivity index (χ1) is 15.4. The maximum Gasteiger partial charge on any atom is 0.270 e. The van der Waals surface area contributed by atoms with Crippen molar-refractivity contribution in [3.05, 3.63) is 79.8 Å². The lowest BCUT2D eigenvalue weighted by molar-refractivity contribution is -0.384. The first-order valence-corrected chi connectivity index (χ1v) is 11.1. The highest BCUT2D eigenvalue weighted by molar-refractivity contribution is 9.10. The number of nitrogens with zero attached hydrogens (tertiary/aromatic N) is 2. The molecule has 2 aromatic carbocycles. The summed E-state index contributed by atoms with van der Waals surface area (Å²) in [6.45, 7) is 2.50. The Balaban J connectivity index is 1.51. The summed E-state index contributed by atoms with van der Waals surface area (Å²) in [4.78, 5) is 27.7. The summed E-state index contributed by atoms with van der Waals surface area (Å²) in [5.74, 6) is 1.48. The number of nitro benzene ring substituents is 1. The maximum atomic E-state index is 12.3. The van der Waals surface area contributed by atoms with E-state index in [0.717, 1.165) is 5.75 Å². The third-order valence-electron chi connectivity index (χ3n) is 4.36. The van der Waals surface area contributed by atoms with E-state index in [1.54, 1.807) is 24.3 Å². The Morgan fingerprint density at radius 1 is 1.22 bits per heavy atom. The molecule has 1 fully saturated rings. The van der Waals surface area contributed by atoms with Crippen molar-refractivity contribution in [1.82, 2.24) is 5.32 Å². The minimum Gasteiger partial charge on any atom is -0.494 e. The summed E-state index contributed by atoms with van der Waals surface area (Å²) in [7, 11) is 0. The van der Waals surface area contributed by atoms with Crippen LogP contribution in [0.3, 0.4) is 0 Å². The molecule has 0 radical (unpaired) electrons. The molecule has 0 spiro atoms. The summed E-state index contributed by atoms with van der Waals surface area (Å²) in [6, 6.07) is 15.2. The second kappa shape index (κ2) is 9.41. The van der Waals surface area contributed by atoms with Gasteiger partial charge in [0.05, 0.1) is 22.1 Å². The van der Waals surface area contributed by atoms with Gasteiger partial charge < -0.3 is 14.5 Å². The van der Waals surface area contributed by atoms with Crippen LogP contribution in [0.4, 0.5) is 11.4 Å². The highest BCUT2D eigenvalue weighted by Gasteiger charge is 2.24. The molecule has 10 heteroatoms. The molecule has 0 unspecified atom stereocenters. The Kier molecular flexibility index (Phi) is 6.42. The van der Waals surface area contributed by atoms with Gasteiger partial charge in [-0.3, -0.25) is 14.9 Å². The average Bonchev–Trinajstić information content (AvgIpc) is 3.36. The fourth-order valence-electron chi connectivity index (χ4n) is 2.90. The van der Waals surface area contributed by atoms with Gasteiger partial charge in [-0.25, -0.2) is 4.99 Å². The molecule has 162 valence electrons. The van der Waals surface area contributed by atoms with E-state index >= 15 is 0 Å². The van der Waals surface area contributed by atoms with E-state index < -0.39 is 4.92 Å². The van der Waals surface area contributed by atoms with Gasteiger partial charge in [-0.05, 0) is 77.1 Å². The number of nitrogens with one attached hydrogen (secondary N) is 1. The number of rotatable bonds is 6. The zero-order chi connectivity index (χ0) is 22.7. The molecule has 0 aliphatic carbocycles. The molecule has 0 saturated carbocycles. The number of thioether (sulfide) groups is 1. The van der Waals surface area contributed by atoms with Crippen LogP contribution in [0.25, 0.3) is 17.4 Å². The number of carbonyl (C=O) groups is 1. The number of ether oxygens (including phenoxy) is 1. The Morgan fingerprint density at radius 3 is 2.69 bits per heavy atom. The van der Waals surface area contributed by atoms with E-state index in [4.69, 9.17) is 9.15 Å². The lowest BCUT2D eigenvalue weighted by atomic mass is 10.1. The summed E-state index contributed by atoms with van der Waals surface area (Å²) in [6.07, 6.45) is 1.63. The number of aliphatic imine (C=N–C) groups is 1. The predicted octanol–water partition coefficient (Wildman–Crippen LogP) is 5.91. The smallest absolute Gasteiger partial charge is 0.270 e. The lowest BCUT2D eigenvalue weighted by Gasteiger charge is -2.02. The van der Waals surface area contributed by atoms with Crippen LogP contribution in [0.15, 0.2) is 73.4 Å². The van der Waals surface area contributed by atoms with Gasteiger partial charge in [0.2, 0.25) is 0 Å². The van der Waals surface area contributed by atoms with Gasteiger partial charge in [-0.2, -0.15) is 0 Å². The van der Waals surface area contributed by atoms with Gasteiger partial charge in [0, 0.05) is 28.2 Å². The summed E-state index contributed by atoms with van der Waals surface area (Å²) < 4.78 is 11.8. The molecule has 4 rings (SSSR count). The lowest BCUT2D eigenvalue weighted by Crippen LogP contribution is -2.19. The Hall–Kier alpha value is -3.37. The van der Waals surface area contributed by atoms with Crippen LogP contribution < -0.4 is 10.1 Å². The van der Waals surface area contributed by atoms with Gasteiger partial charge in [0.25, 0.3) is 11.6 Å². The topological polar surface area (TPSA) is 107 Å². The normalized spacial score (nSPS) is 15.9. The van der Waals surface area contributed by atoms with Crippen molar-refractivity contribution < 1.29 is 18.9 Å². The van der Waals surface area contributed by atoms with Gasteiger partial charge in [-0.15, -0.1) is 0 Å². The molecular formula is C22H16BrN3O5S. The molecule has 0 atom stereocenters. The van der Waals surface area contributed by atoms with E-state index in [2.05, 4.69) is 26.2 Å². The number of benzene rings is 2. The number of amides is 1. The summed E-state index contributed by atoms with van der Waals surface area (Å²) in [5, 5.41) is 14.1. The molecule has 3 aromatic rings. The number of nitro groups is 1. The molecule has 1 N–H and O–H groups in total. The van der Waals surface area contributed by atoms with Crippen LogP contribution in [0.5, 0.6) is 5.75 Å². The van der Waals surface area contributed by atoms with Gasteiger partial charge in [0.15, 0.2) is 5.17 Å². The highest BCUT2D eigenvalue weighted by Crippen LogP contribution is 2.34. The molecule has 8 nitrogen and oxygen atoms in total. The number of amidine groups is 1. The Morgan fingerprint density at radius 2 is 2.00 bits per heavy atom. The van der Waals surface area contributed by atoms with Crippen LogP contribution in [0, 0.1) is 10.1 Å². The van der Waals surface area contributed by atoms with Crippen LogP contribution in [-0.2, 0) is 4.79 Å². The fraction of sp³-hybridized carbons (Fsp3) is 0.0909. The van der Waals surface area contributed by atoms with Gasteiger partial charge in [-0.1, -0.05) is 0 Å². The van der Waals surface area contributed by atoms with Crippen LogP contribution >= 0.6 is 27.7 Å². The SMILES string of the molecule is CCOc1ccc(N=C2NC(=O)/C(=C\c3ccc(-c4ccc([N+](=O)[O-])cc4Br)o3)S2)cc1. The van der Waals surface area contributed by atoms with Gasteiger partial charge in [0.1, 0.15) is 17.3 Å². The first kappa shape index (κ1) is 21.8. The molecule has 1 aliphatic heterocycles. The number of hydrogen-bond acceptors (Lipinski definition) is 7. The predicted molar refractivity (Wildman–Crippen MR) is 127 cm³/mol. The van der Waals surface area contributed by atoms with Crippen molar-refractivity contribution in [2.24, 2.45) is 4.99 Å². The largest absolute Gasteiger partial charge is 0.494 e. The Labute approximate surface area is 195 Å². The second-order valence-corrected chi connectivity index (χ2v) is 8.42.